The van der Waals surface area contributed by atoms with Gasteiger partial charge in [-0.15, -0.1) is 0 Å². The minimum Gasteiger partial charge on any atom is -0.329 e. The third-order valence-corrected chi connectivity index (χ3v) is 6.30. The number of hydrogen-bond acceptors (Lipinski definition) is 3. The smallest absolute Gasteiger partial charge is 0.214 e. The molecule has 2 N–H and O–H groups in total. The maximum Gasteiger partial charge on any atom is 0.214 e. The zero-order chi connectivity index (χ0) is 13.8. The van der Waals surface area contributed by atoms with E-state index in [1.807, 2.05) is 13.8 Å². The quantitative estimate of drug-likeness (QED) is 0.806. The van der Waals surface area contributed by atoms with Crippen molar-refractivity contribution in [3.8, 4) is 0 Å². The van der Waals surface area contributed by atoms with Crippen LogP contribution >= 0.6 is 0 Å². The first-order chi connectivity index (χ1) is 8.41. The van der Waals surface area contributed by atoms with Gasteiger partial charge in [0.1, 0.15) is 0 Å². The Morgan fingerprint density at radius 3 is 2.50 bits per heavy atom. The highest BCUT2D eigenvalue weighted by atomic mass is 32.2. The van der Waals surface area contributed by atoms with Gasteiger partial charge in [0.25, 0.3) is 0 Å². The summed E-state index contributed by atoms with van der Waals surface area (Å²) in [4.78, 5) is 0. The van der Waals surface area contributed by atoms with Crippen LogP contribution in [0.5, 0.6) is 0 Å². The Hall–Kier alpha value is -0.130. The van der Waals surface area contributed by atoms with E-state index in [4.69, 9.17) is 5.73 Å². The predicted molar refractivity (Wildman–Crippen MR) is 75.9 cm³/mol. The van der Waals surface area contributed by atoms with Gasteiger partial charge in [-0.25, -0.2) is 8.42 Å². The summed E-state index contributed by atoms with van der Waals surface area (Å²) in [5, 5.41) is 0. The van der Waals surface area contributed by atoms with Crippen molar-refractivity contribution in [1.82, 2.24) is 4.31 Å². The molecule has 0 aromatic heterocycles. The van der Waals surface area contributed by atoms with Gasteiger partial charge in [0.15, 0.2) is 0 Å². The average Bonchev–Trinajstić information content (AvgIpc) is 2.29. The second kappa shape index (κ2) is 6.35. The van der Waals surface area contributed by atoms with Crippen LogP contribution in [0.25, 0.3) is 0 Å². The van der Waals surface area contributed by atoms with Crippen molar-refractivity contribution in [3.63, 3.8) is 0 Å². The van der Waals surface area contributed by atoms with Gasteiger partial charge in [-0.05, 0) is 25.2 Å². The molecule has 2 atom stereocenters. The zero-order valence-corrected chi connectivity index (χ0v) is 12.8. The first kappa shape index (κ1) is 15.9. The van der Waals surface area contributed by atoms with Gasteiger partial charge >= 0.3 is 0 Å². The van der Waals surface area contributed by atoms with E-state index in [2.05, 4.69) is 6.92 Å². The maximum absolute atomic E-state index is 12.4. The van der Waals surface area contributed by atoms with Crippen LogP contribution in [0.2, 0.25) is 0 Å². The Bertz CT molecular complexity index is 356. The Morgan fingerprint density at radius 1 is 1.39 bits per heavy atom. The van der Waals surface area contributed by atoms with Crippen molar-refractivity contribution in [2.45, 2.75) is 58.4 Å². The van der Waals surface area contributed by atoms with Crippen molar-refractivity contribution >= 4 is 10.0 Å². The van der Waals surface area contributed by atoms with E-state index in [9.17, 15) is 8.42 Å². The second-order valence-electron chi connectivity index (χ2n) is 5.61. The number of likely N-dealkylation sites (N-methyl/N-ethyl adjacent to an activating group) is 1. The molecule has 0 heterocycles. The van der Waals surface area contributed by atoms with E-state index in [-0.39, 0.29) is 11.3 Å². The molecule has 5 heteroatoms. The van der Waals surface area contributed by atoms with Gasteiger partial charge in [0, 0.05) is 18.6 Å². The largest absolute Gasteiger partial charge is 0.329 e. The first-order valence-electron chi connectivity index (χ1n) is 7.12. The number of sulfonamides is 1. The van der Waals surface area contributed by atoms with E-state index in [0.29, 0.717) is 25.4 Å². The summed E-state index contributed by atoms with van der Waals surface area (Å²) in [7, 11) is -3.16. The lowest BCUT2D eigenvalue weighted by atomic mass is 9.76. The lowest BCUT2D eigenvalue weighted by molar-refractivity contribution is 0.113. The third-order valence-electron chi connectivity index (χ3n) is 4.06. The molecule has 18 heavy (non-hydrogen) atoms. The van der Waals surface area contributed by atoms with E-state index in [1.165, 1.54) is 6.42 Å². The van der Waals surface area contributed by atoms with E-state index >= 15 is 0 Å². The molecule has 0 amide bonds. The Balaban J connectivity index is 3.03. The molecular formula is C13H28N2O2S. The Labute approximate surface area is 112 Å². The minimum absolute atomic E-state index is 0.233. The molecule has 0 aliphatic heterocycles. The molecule has 0 saturated heterocycles. The minimum atomic E-state index is -3.16. The Morgan fingerprint density at radius 2 is 2.06 bits per heavy atom. The van der Waals surface area contributed by atoms with E-state index in [0.717, 1.165) is 19.3 Å². The first-order valence-corrected chi connectivity index (χ1v) is 8.73. The van der Waals surface area contributed by atoms with Crippen LogP contribution in [-0.2, 0) is 10.0 Å². The fourth-order valence-electron chi connectivity index (χ4n) is 3.34. The Kier molecular flexibility index (Phi) is 5.62. The van der Waals surface area contributed by atoms with Crippen LogP contribution in [0.15, 0.2) is 0 Å². The van der Waals surface area contributed by atoms with Crippen molar-refractivity contribution in [1.29, 1.82) is 0 Å². The van der Waals surface area contributed by atoms with Gasteiger partial charge in [-0.2, -0.15) is 4.31 Å². The monoisotopic (exact) mass is 276 g/mol. The molecule has 1 fully saturated rings. The molecule has 1 saturated carbocycles. The summed E-state index contributed by atoms with van der Waals surface area (Å²) >= 11 is 0. The van der Waals surface area contributed by atoms with Crippen molar-refractivity contribution in [2.24, 2.45) is 11.7 Å². The zero-order valence-electron chi connectivity index (χ0n) is 12.0. The SMILES string of the molecule is CCCS(=O)(=O)N(CC)C1(CN)CCCC(C)C1. The summed E-state index contributed by atoms with van der Waals surface area (Å²) in [6.45, 7) is 7.00. The summed E-state index contributed by atoms with van der Waals surface area (Å²) in [6, 6.07) is 0. The molecule has 0 aromatic carbocycles. The van der Waals surface area contributed by atoms with Crippen molar-refractivity contribution in [2.75, 3.05) is 18.8 Å². The van der Waals surface area contributed by atoms with Crippen LogP contribution < -0.4 is 5.73 Å². The van der Waals surface area contributed by atoms with Gasteiger partial charge < -0.3 is 5.73 Å². The molecule has 1 aliphatic rings. The molecule has 1 aliphatic carbocycles. The maximum atomic E-state index is 12.4. The fraction of sp³-hybridized carbons (Fsp3) is 1.00. The van der Waals surface area contributed by atoms with Crippen molar-refractivity contribution < 1.29 is 8.42 Å². The molecular weight excluding hydrogens is 248 g/mol. The molecule has 2 unspecified atom stereocenters. The molecule has 0 spiro atoms. The van der Waals surface area contributed by atoms with Crippen LogP contribution in [-0.4, -0.2) is 37.1 Å². The highest BCUT2D eigenvalue weighted by Gasteiger charge is 2.43. The number of nitrogens with two attached hydrogens (primary N) is 1. The van der Waals surface area contributed by atoms with Crippen LogP contribution in [0, 0.1) is 5.92 Å². The lowest BCUT2D eigenvalue weighted by Crippen LogP contribution is -2.58. The predicted octanol–water partition coefficient (Wildman–Crippen LogP) is 1.96. The molecule has 1 rings (SSSR count). The molecule has 4 nitrogen and oxygen atoms in total. The van der Waals surface area contributed by atoms with E-state index in [1.54, 1.807) is 4.31 Å². The lowest BCUT2D eigenvalue weighted by Gasteiger charge is -2.46. The molecule has 0 bridgehead atoms. The highest BCUT2D eigenvalue weighted by Crippen LogP contribution is 2.37. The average molecular weight is 276 g/mol. The fourth-order valence-corrected chi connectivity index (χ4v) is 5.30. The standard InChI is InChI=1S/C13H28N2O2S/c1-4-9-18(16,17)15(5-2)13(11-14)8-6-7-12(3)10-13/h12H,4-11,14H2,1-3H3. The summed E-state index contributed by atoms with van der Waals surface area (Å²) in [5.41, 5.74) is 5.63. The van der Waals surface area contributed by atoms with Gasteiger partial charge in [0.2, 0.25) is 10.0 Å². The number of rotatable bonds is 6. The van der Waals surface area contributed by atoms with Crippen molar-refractivity contribution in [3.05, 3.63) is 0 Å². The third kappa shape index (κ3) is 3.25. The summed E-state index contributed by atoms with van der Waals surface area (Å²) < 4.78 is 26.5. The number of hydrogen-bond donors (Lipinski definition) is 1. The molecule has 108 valence electrons. The molecule has 0 aromatic rings. The highest BCUT2D eigenvalue weighted by molar-refractivity contribution is 7.89. The normalized spacial score (nSPS) is 29.7. The summed E-state index contributed by atoms with van der Waals surface area (Å²) in [6.07, 6.45) is 4.74. The number of nitrogens with zero attached hydrogens (tertiary/aromatic N) is 1. The van der Waals surface area contributed by atoms with E-state index < -0.39 is 10.0 Å². The summed E-state index contributed by atoms with van der Waals surface area (Å²) in [5.74, 6) is 0.796. The van der Waals surface area contributed by atoms with Crippen LogP contribution in [0.1, 0.15) is 52.9 Å². The van der Waals surface area contributed by atoms with Gasteiger partial charge in [-0.3, -0.25) is 0 Å². The molecule has 0 radical (unpaired) electrons. The van der Waals surface area contributed by atoms with Crippen LogP contribution in [0.3, 0.4) is 0 Å². The van der Waals surface area contributed by atoms with Gasteiger partial charge in [0.05, 0.1) is 5.75 Å². The second-order valence-corrected chi connectivity index (χ2v) is 7.62. The topological polar surface area (TPSA) is 63.4 Å². The van der Waals surface area contributed by atoms with Gasteiger partial charge in [-0.1, -0.05) is 33.6 Å². The van der Waals surface area contributed by atoms with Crippen LogP contribution in [0.4, 0.5) is 0 Å².